The Morgan fingerprint density at radius 2 is 2.21 bits per heavy atom. The molecular weight excluding hydrogens is 258 g/mol. The summed E-state index contributed by atoms with van der Waals surface area (Å²) in [6.07, 6.45) is 1.80. The first-order chi connectivity index (χ1) is 9.29. The number of hydrogen-bond acceptors (Lipinski definition) is 4. The van der Waals surface area contributed by atoms with Crippen LogP contribution in [0, 0.1) is 0 Å². The Bertz CT molecular complexity index is 729. The quantitative estimate of drug-likeness (QED) is 0.685. The van der Waals surface area contributed by atoms with E-state index in [2.05, 4.69) is 10.1 Å². The first-order valence-corrected chi connectivity index (χ1v) is 7.03. The number of carbonyl (C=O) groups is 1. The summed E-state index contributed by atoms with van der Waals surface area (Å²) < 4.78 is 2.90. The molecule has 0 radical (unpaired) electrons. The van der Waals surface area contributed by atoms with E-state index in [4.69, 9.17) is 0 Å². The molecule has 0 aliphatic heterocycles. The third-order valence-electron chi connectivity index (χ3n) is 3.10. The number of ketones is 1. The number of thiophene rings is 1. The Morgan fingerprint density at radius 1 is 1.37 bits per heavy atom. The Labute approximate surface area is 114 Å². The highest BCUT2D eigenvalue weighted by atomic mass is 32.1. The van der Waals surface area contributed by atoms with Crippen molar-refractivity contribution >= 4 is 27.2 Å². The highest BCUT2D eigenvalue weighted by Crippen LogP contribution is 2.26. The largest absolute Gasteiger partial charge is 0.294 e. The molecule has 1 aromatic carbocycles. The maximum absolute atomic E-state index is 12.4. The van der Waals surface area contributed by atoms with Gasteiger partial charge in [0.2, 0.25) is 0 Å². The van der Waals surface area contributed by atoms with Crippen molar-refractivity contribution in [2.45, 2.75) is 19.9 Å². The van der Waals surface area contributed by atoms with Crippen molar-refractivity contribution < 1.29 is 4.79 Å². The fourth-order valence-electron chi connectivity index (χ4n) is 2.12. The predicted octanol–water partition coefficient (Wildman–Crippen LogP) is 2.94. The summed E-state index contributed by atoms with van der Waals surface area (Å²) in [4.78, 5) is 16.5. The molecule has 3 rings (SSSR count). The molecule has 0 unspecified atom stereocenters. The maximum atomic E-state index is 12.4. The van der Waals surface area contributed by atoms with E-state index in [0.717, 1.165) is 28.0 Å². The number of benzene rings is 1. The van der Waals surface area contributed by atoms with Crippen molar-refractivity contribution in [1.29, 1.82) is 0 Å². The van der Waals surface area contributed by atoms with Crippen molar-refractivity contribution in [3.05, 3.63) is 47.4 Å². The minimum atomic E-state index is 0.0974. The lowest BCUT2D eigenvalue weighted by atomic mass is 10.1. The molecule has 0 aliphatic carbocycles. The molecule has 0 saturated heterocycles. The topological polar surface area (TPSA) is 47.8 Å². The molecule has 0 bridgehead atoms. The van der Waals surface area contributed by atoms with Crippen molar-refractivity contribution in [2.75, 3.05) is 0 Å². The van der Waals surface area contributed by atoms with Gasteiger partial charge < -0.3 is 0 Å². The lowest BCUT2D eigenvalue weighted by Crippen LogP contribution is -2.10. The number of aromatic nitrogens is 3. The van der Waals surface area contributed by atoms with E-state index < -0.39 is 0 Å². The zero-order valence-corrected chi connectivity index (χ0v) is 11.4. The van der Waals surface area contributed by atoms with Crippen LogP contribution >= 0.6 is 11.3 Å². The van der Waals surface area contributed by atoms with Gasteiger partial charge in [-0.15, -0.1) is 11.3 Å². The van der Waals surface area contributed by atoms with Crippen molar-refractivity contribution in [1.82, 2.24) is 14.8 Å². The lowest BCUT2D eigenvalue weighted by molar-refractivity contribution is 0.0991. The van der Waals surface area contributed by atoms with Gasteiger partial charge in [0.15, 0.2) is 5.78 Å². The Balaban J connectivity index is 1.92. The molecule has 2 aromatic heterocycles. The molecule has 19 heavy (non-hydrogen) atoms. The summed E-state index contributed by atoms with van der Waals surface area (Å²) in [6, 6.07) is 7.97. The summed E-state index contributed by atoms with van der Waals surface area (Å²) in [5.74, 6) is 0.822. The first-order valence-electron chi connectivity index (χ1n) is 6.15. The maximum Gasteiger partial charge on any atom is 0.171 e. The summed E-state index contributed by atoms with van der Waals surface area (Å²) in [6.45, 7) is 2.72. The van der Waals surface area contributed by atoms with E-state index >= 15 is 0 Å². The van der Waals surface area contributed by atoms with Gasteiger partial charge in [-0.3, -0.25) is 4.79 Å². The van der Waals surface area contributed by atoms with Crippen LogP contribution in [0.2, 0.25) is 0 Å². The monoisotopic (exact) mass is 271 g/mol. The van der Waals surface area contributed by atoms with Crippen LogP contribution in [0.15, 0.2) is 36.0 Å². The van der Waals surface area contributed by atoms with Crippen LogP contribution < -0.4 is 0 Å². The fraction of sp³-hybridized carbons (Fsp3) is 0.214. The van der Waals surface area contributed by atoms with E-state index in [1.165, 1.54) is 6.33 Å². The van der Waals surface area contributed by atoms with Gasteiger partial charge in [0, 0.05) is 27.6 Å². The number of rotatable bonds is 4. The lowest BCUT2D eigenvalue weighted by Gasteiger charge is -2.02. The van der Waals surface area contributed by atoms with Gasteiger partial charge in [-0.1, -0.05) is 18.2 Å². The standard InChI is InChI=1S/C14H13N3OS/c1-2-17-14(15-9-16-17)7-12(18)11-8-19-13-6-4-3-5-10(11)13/h3-6,8-9H,2,7H2,1H3. The predicted molar refractivity (Wildman–Crippen MR) is 75.6 cm³/mol. The summed E-state index contributed by atoms with van der Waals surface area (Å²) in [5.41, 5.74) is 0.784. The summed E-state index contributed by atoms with van der Waals surface area (Å²) >= 11 is 1.60. The minimum Gasteiger partial charge on any atom is -0.294 e. The van der Waals surface area contributed by atoms with Gasteiger partial charge in [0.1, 0.15) is 12.2 Å². The van der Waals surface area contributed by atoms with Gasteiger partial charge in [0.05, 0.1) is 6.42 Å². The molecule has 3 aromatic rings. The molecule has 0 saturated carbocycles. The molecule has 4 nitrogen and oxygen atoms in total. The smallest absolute Gasteiger partial charge is 0.171 e. The Kier molecular flexibility index (Phi) is 3.13. The minimum absolute atomic E-state index is 0.0974. The van der Waals surface area contributed by atoms with Crippen LogP contribution in [0.5, 0.6) is 0 Å². The second kappa shape index (κ2) is 4.93. The molecule has 0 fully saturated rings. The zero-order valence-electron chi connectivity index (χ0n) is 10.5. The third kappa shape index (κ3) is 2.17. The average molecular weight is 271 g/mol. The van der Waals surface area contributed by atoms with Crippen LogP contribution in [-0.2, 0) is 13.0 Å². The number of aryl methyl sites for hydroxylation is 1. The number of nitrogens with zero attached hydrogens (tertiary/aromatic N) is 3. The number of hydrogen-bond donors (Lipinski definition) is 0. The third-order valence-corrected chi connectivity index (χ3v) is 4.06. The number of carbonyl (C=O) groups excluding carboxylic acids is 1. The molecule has 5 heteroatoms. The van der Waals surface area contributed by atoms with Gasteiger partial charge in [-0.05, 0) is 13.0 Å². The fourth-order valence-corrected chi connectivity index (χ4v) is 3.09. The molecule has 0 spiro atoms. The van der Waals surface area contributed by atoms with Crippen molar-refractivity contribution in [3.63, 3.8) is 0 Å². The van der Waals surface area contributed by atoms with Crippen LogP contribution in [0.25, 0.3) is 10.1 Å². The SMILES string of the molecule is CCn1ncnc1CC(=O)c1csc2ccccc12. The van der Waals surface area contributed by atoms with Gasteiger partial charge in [-0.2, -0.15) is 5.10 Å². The molecule has 0 atom stereocenters. The van der Waals surface area contributed by atoms with Crippen molar-refractivity contribution in [3.8, 4) is 0 Å². The van der Waals surface area contributed by atoms with Crippen LogP contribution in [-0.4, -0.2) is 20.5 Å². The van der Waals surface area contributed by atoms with E-state index in [0.29, 0.717) is 6.42 Å². The average Bonchev–Trinajstić information content (AvgIpc) is 3.04. The number of fused-ring (bicyclic) bond motifs is 1. The van der Waals surface area contributed by atoms with Gasteiger partial charge in [-0.25, -0.2) is 9.67 Å². The molecule has 0 aliphatic rings. The van der Waals surface area contributed by atoms with Gasteiger partial charge in [0.25, 0.3) is 0 Å². The molecular formula is C14H13N3OS. The van der Waals surface area contributed by atoms with Gasteiger partial charge >= 0.3 is 0 Å². The zero-order chi connectivity index (χ0) is 13.2. The highest BCUT2D eigenvalue weighted by molar-refractivity contribution is 7.17. The van der Waals surface area contributed by atoms with E-state index in [1.54, 1.807) is 16.0 Å². The normalized spacial score (nSPS) is 11.0. The van der Waals surface area contributed by atoms with Crippen LogP contribution in [0.4, 0.5) is 0 Å². The molecule has 0 amide bonds. The number of Topliss-reactive ketones (excluding diaryl/α,β-unsaturated/α-hetero) is 1. The Morgan fingerprint density at radius 3 is 3.05 bits per heavy atom. The molecule has 96 valence electrons. The second-order valence-corrected chi connectivity index (χ2v) is 5.15. The second-order valence-electron chi connectivity index (χ2n) is 4.24. The first kappa shape index (κ1) is 12.0. The van der Waals surface area contributed by atoms with Crippen LogP contribution in [0.3, 0.4) is 0 Å². The molecule has 0 N–H and O–H groups in total. The van der Waals surface area contributed by atoms with Crippen molar-refractivity contribution in [2.24, 2.45) is 0 Å². The summed E-state index contributed by atoms with van der Waals surface area (Å²) in [5, 5.41) is 7.05. The van der Waals surface area contributed by atoms with Crippen LogP contribution in [0.1, 0.15) is 23.1 Å². The van der Waals surface area contributed by atoms with E-state index in [-0.39, 0.29) is 5.78 Å². The summed E-state index contributed by atoms with van der Waals surface area (Å²) in [7, 11) is 0. The molecule has 2 heterocycles. The Hall–Kier alpha value is -2.01. The highest BCUT2D eigenvalue weighted by Gasteiger charge is 2.15. The van der Waals surface area contributed by atoms with E-state index in [1.807, 2.05) is 36.6 Å². The van der Waals surface area contributed by atoms with E-state index in [9.17, 15) is 4.79 Å².